The first-order valence-corrected chi connectivity index (χ1v) is 9.46. The highest BCUT2D eigenvalue weighted by Crippen LogP contribution is 2.37. The smallest absolute Gasteiger partial charge is 0.197 e. The molecule has 0 aromatic carbocycles. The van der Waals surface area contributed by atoms with Gasteiger partial charge in [-0.1, -0.05) is 13.8 Å². The second-order valence-electron chi connectivity index (χ2n) is 7.62. The number of methoxy groups -OCH3 is 1. The molecule has 8 nitrogen and oxygen atoms in total. The average Bonchev–Trinajstić information content (AvgIpc) is 3.28. The Hall–Kier alpha value is -3.13. The molecule has 1 saturated heterocycles. The van der Waals surface area contributed by atoms with Crippen LogP contribution in [0.5, 0.6) is 5.75 Å². The lowest BCUT2D eigenvalue weighted by Gasteiger charge is -2.37. The number of fused-ring (bicyclic) bond motifs is 2. The van der Waals surface area contributed by atoms with Crippen LogP contribution < -0.4 is 15.4 Å². The number of nitrogens with two attached hydrogens (primary N) is 1. The molecule has 1 aliphatic rings. The summed E-state index contributed by atoms with van der Waals surface area (Å²) in [7, 11) is 1.65. The molecule has 4 aromatic heterocycles. The number of hydrogen-bond acceptors (Lipinski definition) is 6. The van der Waals surface area contributed by atoms with Gasteiger partial charge in [-0.25, -0.2) is 14.5 Å². The van der Waals surface area contributed by atoms with Gasteiger partial charge in [-0.3, -0.25) is 0 Å². The van der Waals surface area contributed by atoms with Gasteiger partial charge in [0.15, 0.2) is 11.4 Å². The van der Waals surface area contributed by atoms with Crippen LogP contribution in [-0.2, 0) is 0 Å². The third-order valence-corrected chi connectivity index (χ3v) is 5.33. The number of pyridine rings is 2. The molecule has 144 valence electrons. The molecule has 0 bridgehead atoms. The quantitative estimate of drug-likeness (QED) is 0.567. The van der Waals surface area contributed by atoms with E-state index in [1.165, 1.54) is 11.9 Å². The van der Waals surface area contributed by atoms with Gasteiger partial charge in [-0.15, -0.1) is 0 Å². The summed E-state index contributed by atoms with van der Waals surface area (Å²) in [5.74, 6) is 1.96. The van der Waals surface area contributed by atoms with Crippen LogP contribution >= 0.6 is 0 Å². The summed E-state index contributed by atoms with van der Waals surface area (Å²) in [6, 6.07) is 6.39. The molecule has 1 aliphatic heterocycles. The highest BCUT2D eigenvalue weighted by Gasteiger charge is 2.26. The van der Waals surface area contributed by atoms with Crippen molar-refractivity contribution in [3.8, 4) is 17.0 Å². The van der Waals surface area contributed by atoms with Gasteiger partial charge in [-0.2, -0.15) is 5.10 Å². The Kier molecular flexibility index (Phi) is 3.77. The molecule has 1 fully saturated rings. The largest absolute Gasteiger partial charge is 0.493 e. The fourth-order valence-electron chi connectivity index (χ4n) is 3.92. The molecule has 0 spiro atoms. The molecule has 3 N–H and O–H groups in total. The van der Waals surface area contributed by atoms with Gasteiger partial charge in [0.05, 0.1) is 23.8 Å². The second kappa shape index (κ2) is 6.20. The maximum absolute atomic E-state index is 5.94. The summed E-state index contributed by atoms with van der Waals surface area (Å²) in [4.78, 5) is 15.0. The Labute approximate surface area is 162 Å². The summed E-state index contributed by atoms with van der Waals surface area (Å²) in [6.07, 6.45) is 3.50. The predicted octanol–water partition coefficient (Wildman–Crippen LogP) is 2.55. The molecular weight excluding hydrogens is 354 g/mol. The third kappa shape index (κ3) is 2.52. The van der Waals surface area contributed by atoms with Gasteiger partial charge in [-0.05, 0) is 24.1 Å². The van der Waals surface area contributed by atoms with Crippen LogP contribution in [0, 0.1) is 0 Å². The summed E-state index contributed by atoms with van der Waals surface area (Å²) < 4.78 is 7.27. The molecule has 0 unspecified atom stereocenters. The van der Waals surface area contributed by atoms with Gasteiger partial charge >= 0.3 is 0 Å². The van der Waals surface area contributed by atoms with E-state index < -0.39 is 0 Å². The summed E-state index contributed by atoms with van der Waals surface area (Å²) in [5.41, 5.74) is 11.9. The van der Waals surface area contributed by atoms with Crippen molar-refractivity contribution in [2.75, 3.05) is 25.1 Å². The average molecular weight is 377 g/mol. The molecule has 0 atom stereocenters. The highest BCUT2D eigenvalue weighted by atomic mass is 16.5. The number of anilines is 1. The van der Waals surface area contributed by atoms with Crippen LogP contribution in [0.4, 0.5) is 5.82 Å². The van der Waals surface area contributed by atoms with Gasteiger partial charge in [0.25, 0.3) is 0 Å². The lowest BCUT2D eigenvalue weighted by Crippen LogP contribution is -2.56. The van der Waals surface area contributed by atoms with E-state index in [1.807, 2.05) is 12.3 Å². The van der Waals surface area contributed by atoms with Crippen molar-refractivity contribution in [2.24, 2.45) is 5.73 Å². The van der Waals surface area contributed by atoms with Crippen molar-refractivity contribution in [1.82, 2.24) is 24.6 Å². The molecule has 0 radical (unpaired) electrons. The second-order valence-corrected chi connectivity index (χ2v) is 7.62. The van der Waals surface area contributed by atoms with E-state index in [9.17, 15) is 0 Å². The Morgan fingerprint density at radius 3 is 2.82 bits per heavy atom. The van der Waals surface area contributed by atoms with Crippen LogP contribution in [0.3, 0.4) is 0 Å². The molecular formula is C20H23N7O. The minimum absolute atomic E-state index is 0.241. The van der Waals surface area contributed by atoms with E-state index in [-0.39, 0.29) is 6.04 Å². The zero-order chi connectivity index (χ0) is 19.4. The number of aromatic amines is 1. The molecule has 4 aromatic rings. The number of rotatable bonds is 4. The topological polar surface area (TPSA) is 97.4 Å². The monoisotopic (exact) mass is 377 g/mol. The molecule has 5 heterocycles. The van der Waals surface area contributed by atoms with Crippen molar-refractivity contribution in [2.45, 2.75) is 25.8 Å². The van der Waals surface area contributed by atoms with Crippen LogP contribution in [0.2, 0.25) is 0 Å². The number of nitrogens with one attached hydrogen (secondary N) is 1. The van der Waals surface area contributed by atoms with E-state index >= 15 is 0 Å². The number of H-pyrrole nitrogens is 1. The zero-order valence-corrected chi connectivity index (χ0v) is 16.2. The molecule has 0 amide bonds. The van der Waals surface area contributed by atoms with Gasteiger partial charge in [0.2, 0.25) is 0 Å². The molecule has 0 saturated carbocycles. The van der Waals surface area contributed by atoms with Crippen molar-refractivity contribution in [1.29, 1.82) is 0 Å². The maximum atomic E-state index is 5.94. The first-order valence-electron chi connectivity index (χ1n) is 9.46. The third-order valence-electron chi connectivity index (χ3n) is 5.33. The van der Waals surface area contributed by atoms with Crippen LogP contribution in [0.1, 0.15) is 25.3 Å². The van der Waals surface area contributed by atoms with Crippen LogP contribution in [0.15, 0.2) is 30.7 Å². The van der Waals surface area contributed by atoms with Crippen LogP contribution in [0.25, 0.3) is 27.9 Å². The summed E-state index contributed by atoms with van der Waals surface area (Å²) >= 11 is 0. The fourth-order valence-corrected chi connectivity index (χ4v) is 3.92. The van der Waals surface area contributed by atoms with Gasteiger partial charge in [0, 0.05) is 36.5 Å². The standard InChI is InChI=1S/C20H23N7O/c1-11(2)17-18(12-6-15(28-3)20-22-10-23-27(20)7-12)24-14-4-5-16(25-19(14)17)26-8-13(21)9-26/h4-7,10-11,13,24H,8-9,21H2,1-3H3. The Morgan fingerprint density at radius 2 is 2.11 bits per heavy atom. The van der Waals surface area contributed by atoms with Crippen LogP contribution in [-0.4, -0.2) is 50.8 Å². The Morgan fingerprint density at radius 1 is 1.29 bits per heavy atom. The van der Waals surface area contributed by atoms with Crippen molar-refractivity contribution >= 4 is 22.5 Å². The van der Waals surface area contributed by atoms with Gasteiger partial charge < -0.3 is 20.4 Å². The first-order chi connectivity index (χ1) is 13.5. The minimum Gasteiger partial charge on any atom is -0.493 e. The normalized spacial score (nSPS) is 15.0. The SMILES string of the molecule is COc1cc(-c2[nH]c3ccc(N4CC(N)C4)nc3c2C(C)C)cn2ncnc12. The van der Waals surface area contributed by atoms with E-state index in [0.29, 0.717) is 17.3 Å². The van der Waals surface area contributed by atoms with E-state index in [0.717, 1.165) is 41.2 Å². The van der Waals surface area contributed by atoms with Gasteiger partial charge in [0.1, 0.15) is 12.1 Å². The number of aromatic nitrogens is 5. The zero-order valence-electron chi connectivity index (χ0n) is 16.2. The van der Waals surface area contributed by atoms with Crippen molar-refractivity contribution in [3.05, 3.63) is 36.3 Å². The molecule has 8 heteroatoms. The number of hydrogen-bond donors (Lipinski definition) is 2. The summed E-state index contributed by atoms with van der Waals surface area (Å²) in [5, 5.41) is 4.28. The lowest BCUT2D eigenvalue weighted by molar-refractivity contribution is 0.416. The van der Waals surface area contributed by atoms with E-state index in [2.05, 4.69) is 45.9 Å². The highest BCUT2D eigenvalue weighted by molar-refractivity contribution is 5.90. The van der Waals surface area contributed by atoms with E-state index in [4.69, 9.17) is 15.5 Å². The maximum Gasteiger partial charge on any atom is 0.197 e. The minimum atomic E-state index is 0.241. The number of ether oxygens (including phenoxy) is 1. The predicted molar refractivity (Wildman–Crippen MR) is 109 cm³/mol. The van der Waals surface area contributed by atoms with Crippen molar-refractivity contribution < 1.29 is 4.74 Å². The Bertz CT molecular complexity index is 1170. The Balaban J connectivity index is 1.70. The molecule has 28 heavy (non-hydrogen) atoms. The van der Waals surface area contributed by atoms with Crippen molar-refractivity contribution in [3.63, 3.8) is 0 Å². The fraction of sp³-hybridized carbons (Fsp3) is 0.350. The molecule has 5 rings (SSSR count). The lowest BCUT2D eigenvalue weighted by atomic mass is 9.99. The molecule has 0 aliphatic carbocycles. The summed E-state index contributed by atoms with van der Waals surface area (Å²) in [6.45, 7) is 6.08. The number of nitrogens with zero attached hydrogens (tertiary/aromatic N) is 5. The first kappa shape index (κ1) is 17.0. The van der Waals surface area contributed by atoms with E-state index in [1.54, 1.807) is 11.6 Å².